The van der Waals surface area contributed by atoms with E-state index in [1.54, 1.807) is 0 Å². The van der Waals surface area contributed by atoms with Gasteiger partial charge in [0.25, 0.3) is 0 Å². The van der Waals surface area contributed by atoms with Gasteiger partial charge in [-0.05, 0) is 18.8 Å². The van der Waals surface area contributed by atoms with Gasteiger partial charge in [0.1, 0.15) is 0 Å². The fourth-order valence-electron chi connectivity index (χ4n) is 2.59. The topological polar surface area (TPSA) is 88.2 Å². The van der Waals surface area contributed by atoms with Gasteiger partial charge in [0.2, 0.25) is 0 Å². The van der Waals surface area contributed by atoms with Gasteiger partial charge in [-0.1, -0.05) is 0 Å². The van der Waals surface area contributed by atoms with E-state index >= 15 is 0 Å². The van der Waals surface area contributed by atoms with Crippen LogP contribution in [-0.2, 0) is 14.8 Å². The molecule has 0 radical (unpaired) electrons. The average molecular weight is 486 g/mol. The number of sulfonamides is 1. The van der Waals surface area contributed by atoms with Gasteiger partial charge in [-0.3, -0.25) is 4.99 Å². The van der Waals surface area contributed by atoms with Gasteiger partial charge in [-0.15, -0.1) is 24.0 Å². The molecular formula is C12H22F3IN4O3S. The van der Waals surface area contributed by atoms with Crippen molar-refractivity contribution in [3.63, 3.8) is 0 Å². The summed E-state index contributed by atoms with van der Waals surface area (Å²) in [4.78, 5) is 6.18. The van der Waals surface area contributed by atoms with Crippen molar-refractivity contribution >= 4 is 40.0 Å². The molecule has 0 aromatic rings. The normalized spacial score (nSPS) is 22.3. The summed E-state index contributed by atoms with van der Waals surface area (Å²) in [7, 11) is -5.22. The van der Waals surface area contributed by atoms with Crippen LogP contribution in [0, 0.1) is 5.92 Å². The first-order valence-electron chi connectivity index (χ1n) is 7.41. The summed E-state index contributed by atoms with van der Waals surface area (Å²) < 4.78 is 65.8. The number of nitrogens with two attached hydrogens (primary N) is 1. The van der Waals surface area contributed by atoms with Gasteiger partial charge >= 0.3 is 15.5 Å². The third-order valence-electron chi connectivity index (χ3n) is 4.05. The Morgan fingerprint density at radius 1 is 1.17 bits per heavy atom. The summed E-state index contributed by atoms with van der Waals surface area (Å²) >= 11 is 0. The number of rotatable bonds is 3. The van der Waals surface area contributed by atoms with E-state index in [9.17, 15) is 21.6 Å². The number of hydrogen-bond donors (Lipinski definition) is 1. The van der Waals surface area contributed by atoms with Crippen LogP contribution in [0.15, 0.2) is 4.99 Å². The zero-order chi connectivity index (χ0) is 17.1. The zero-order valence-electron chi connectivity index (χ0n) is 13.0. The van der Waals surface area contributed by atoms with Crippen LogP contribution in [0.3, 0.4) is 0 Å². The summed E-state index contributed by atoms with van der Waals surface area (Å²) in [6, 6.07) is 0. The van der Waals surface area contributed by atoms with E-state index in [2.05, 4.69) is 4.99 Å². The van der Waals surface area contributed by atoms with Gasteiger partial charge < -0.3 is 15.4 Å². The monoisotopic (exact) mass is 486 g/mol. The van der Waals surface area contributed by atoms with Crippen molar-refractivity contribution in [3.05, 3.63) is 0 Å². The molecule has 0 aliphatic carbocycles. The number of guanidine groups is 1. The molecule has 0 bridgehead atoms. The van der Waals surface area contributed by atoms with Crippen molar-refractivity contribution in [2.45, 2.75) is 18.3 Å². The SMILES string of the molecule is I.NC(=NCC1CCN(S(=O)(=O)C(F)(F)F)CC1)N1CCOCC1. The van der Waals surface area contributed by atoms with Crippen LogP contribution in [0.4, 0.5) is 13.2 Å². The van der Waals surface area contributed by atoms with Crippen LogP contribution >= 0.6 is 24.0 Å². The average Bonchev–Trinajstić information content (AvgIpc) is 2.53. The standard InChI is InChI=1S/C12H21F3N4O3S.HI/c13-12(14,15)23(20,21)19-3-1-10(2-4-19)9-17-11(16)18-5-7-22-8-6-18;/h10H,1-9H2,(H2,16,17);1H. The molecular weight excluding hydrogens is 464 g/mol. The molecule has 2 aliphatic heterocycles. The predicted octanol–water partition coefficient (Wildman–Crippen LogP) is 0.813. The van der Waals surface area contributed by atoms with Gasteiger partial charge in [-0.25, -0.2) is 8.42 Å². The molecule has 2 fully saturated rings. The lowest BCUT2D eigenvalue weighted by Gasteiger charge is -2.31. The molecule has 0 amide bonds. The van der Waals surface area contributed by atoms with Gasteiger partial charge in [0.15, 0.2) is 5.96 Å². The Morgan fingerprint density at radius 3 is 2.21 bits per heavy atom. The van der Waals surface area contributed by atoms with Crippen LogP contribution in [0.25, 0.3) is 0 Å². The minimum Gasteiger partial charge on any atom is -0.378 e. The maximum absolute atomic E-state index is 12.5. The third-order valence-corrected chi connectivity index (χ3v) is 5.68. The number of morpholine rings is 1. The van der Waals surface area contributed by atoms with E-state index in [4.69, 9.17) is 10.5 Å². The molecule has 7 nitrogen and oxygen atoms in total. The van der Waals surface area contributed by atoms with Crippen LogP contribution < -0.4 is 5.73 Å². The lowest BCUT2D eigenvalue weighted by molar-refractivity contribution is -0.0496. The van der Waals surface area contributed by atoms with Gasteiger partial charge in [-0.2, -0.15) is 17.5 Å². The second-order valence-corrected chi connectivity index (χ2v) is 7.52. The molecule has 24 heavy (non-hydrogen) atoms. The Bertz CT molecular complexity index is 530. The molecule has 2 rings (SSSR count). The Hall–Kier alpha value is -0.340. The van der Waals surface area contributed by atoms with E-state index in [0.29, 0.717) is 56.0 Å². The van der Waals surface area contributed by atoms with E-state index < -0.39 is 15.5 Å². The van der Waals surface area contributed by atoms with Crippen LogP contribution in [0.1, 0.15) is 12.8 Å². The highest BCUT2D eigenvalue weighted by molar-refractivity contribution is 14.0. The molecule has 2 saturated heterocycles. The van der Waals surface area contributed by atoms with Crippen molar-refractivity contribution in [1.82, 2.24) is 9.21 Å². The predicted molar refractivity (Wildman–Crippen MR) is 93.6 cm³/mol. The first kappa shape index (κ1) is 21.7. The first-order valence-corrected chi connectivity index (χ1v) is 8.85. The van der Waals surface area contributed by atoms with Gasteiger partial charge in [0.05, 0.1) is 13.2 Å². The Kier molecular flexibility index (Phi) is 8.00. The Morgan fingerprint density at radius 2 is 1.71 bits per heavy atom. The lowest BCUT2D eigenvalue weighted by atomic mass is 9.98. The summed E-state index contributed by atoms with van der Waals surface area (Å²) in [5, 5.41) is 0. The van der Waals surface area contributed by atoms with Crippen molar-refractivity contribution < 1.29 is 26.3 Å². The Labute approximate surface area is 156 Å². The van der Waals surface area contributed by atoms with E-state index in [0.717, 1.165) is 0 Å². The second kappa shape index (κ2) is 8.85. The summed E-state index contributed by atoms with van der Waals surface area (Å²) in [6.07, 6.45) is 0.685. The number of ether oxygens (including phenoxy) is 1. The van der Waals surface area contributed by atoms with Crippen molar-refractivity contribution in [2.75, 3.05) is 45.9 Å². The number of halogens is 4. The van der Waals surface area contributed by atoms with Crippen LogP contribution in [0.2, 0.25) is 0 Å². The smallest absolute Gasteiger partial charge is 0.378 e. The molecule has 2 heterocycles. The quantitative estimate of drug-likeness (QED) is 0.363. The maximum atomic E-state index is 12.5. The van der Waals surface area contributed by atoms with Crippen LogP contribution in [0.5, 0.6) is 0 Å². The fraction of sp³-hybridized carbons (Fsp3) is 0.917. The number of aliphatic imine (C=N–C) groups is 1. The molecule has 2 aliphatic rings. The maximum Gasteiger partial charge on any atom is 0.511 e. The molecule has 0 saturated carbocycles. The minimum atomic E-state index is -5.24. The molecule has 0 unspecified atom stereocenters. The highest BCUT2D eigenvalue weighted by Crippen LogP contribution is 2.30. The molecule has 0 spiro atoms. The summed E-state index contributed by atoms with van der Waals surface area (Å²) in [5.41, 5.74) is 0.647. The molecule has 0 aromatic heterocycles. The van der Waals surface area contributed by atoms with E-state index in [1.807, 2.05) is 4.90 Å². The zero-order valence-corrected chi connectivity index (χ0v) is 16.2. The second-order valence-electron chi connectivity index (χ2n) is 5.59. The molecule has 0 atom stereocenters. The number of nitrogens with zero attached hydrogens (tertiary/aromatic N) is 3. The molecule has 2 N–H and O–H groups in total. The van der Waals surface area contributed by atoms with Gasteiger partial charge in [0, 0.05) is 32.7 Å². The number of alkyl halides is 3. The first-order chi connectivity index (χ1) is 10.7. The minimum absolute atomic E-state index is 0. The molecule has 142 valence electrons. The molecule has 12 heteroatoms. The van der Waals surface area contributed by atoms with Crippen LogP contribution in [-0.4, -0.2) is 75.0 Å². The molecule has 0 aromatic carbocycles. The van der Waals surface area contributed by atoms with E-state index in [1.165, 1.54) is 0 Å². The number of piperidine rings is 1. The highest BCUT2D eigenvalue weighted by Gasteiger charge is 2.50. The van der Waals surface area contributed by atoms with Crippen molar-refractivity contribution in [2.24, 2.45) is 16.6 Å². The lowest BCUT2D eigenvalue weighted by Crippen LogP contribution is -2.46. The third kappa shape index (κ3) is 5.33. The van der Waals surface area contributed by atoms with E-state index in [-0.39, 0.29) is 43.0 Å². The fourth-order valence-corrected chi connectivity index (χ4v) is 3.58. The largest absolute Gasteiger partial charge is 0.511 e. The summed E-state index contributed by atoms with van der Waals surface area (Å²) in [5.74, 6) is 0.438. The Balaban J connectivity index is 0.00000288. The number of hydrogen-bond acceptors (Lipinski definition) is 4. The van der Waals surface area contributed by atoms with Crippen molar-refractivity contribution in [1.29, 1.82) is 0 Å². The van der Waals surface area contributed by atoms with Crippen molar-refractivity contribution in [3.8, 4) is 0 Å². The summed E-state index contributed by atoms with van der Waals surface area (Å²) in [6.45, 7) is 2.62. The highest BCUT2D eigenvalue weighted by atomic mass is 127.